The number of nitrogens with two attached hydrogens (primary N) is 1. The summed E-state index contributed by atoms with van der Waals surface area (Å²) in [6.45, 7) is -1.60. The Morgan fingerprint density at radius 2 is 2.08 bits per heavy atom. The number of hydrogen-bond acceptors (Lipinski definition) is 6. The van der Waals surface area contributed by atoms with Crippen LogP contribution in [0.1, 0.15) is 0 Å². The number of aromatic nitrogens is 3. The number of nitrogens with one attached hydrogen (secondary N) is 1. The molecule has 0 aliphatic carbocycles. The van der Waals surface area contributed by atoms with E-state index in [0.29, 0.717) is 26.6 Å². The molecule has 3 N–H and O–H groups in total. The number of amides is 1. The SMILES string of the molecule is Nn1c(SCCNC(=O)OCC(F)(F)F)nnc1-c1ccc(Cl)cc1Cl. The molecule has 13 heteroatoms. The molecule has 1 aromatic carbocycles. The lowest BCUT2D eigenvalue weighted by Gasteiger charge is -2.09. The maximum absolute atomic E-state index is 11.9. The van der Waals surface area contributed by atoms with Crippen LogP contribution in [0.3, 0.4) is 0 Å². The minimum absolute atomic E-state index is 0.0469. The van der Waals surface area contributed by atoms with Crippen LogP contribution in [0.2, 0.25) is 10.0 Å². The number of benzene rings is 1. The number of nitrogens with zero attached hydrogens (tertiary/aromatic N) is 3. The molecule has 7 nitrogen and oxygen atoms in total. The van der Waals surface area contributed by atoms with E-state index in [1.165, 1.54) is 10.7 Å². The number of alkyl carbamates (subject to hydrolysis) is 1. The van der Waals surface area contributed by atoms with Gasteiger partial charge in [-0.25, -0.2) is 9.47 Å². The number of ether oxygens (including phenoxy) is 1. The van der Waals surface area contributed by atoms with Gasteiger partial charge in [0.05, 0.1) is 5.02 Å². The highest BCUT2D eigenvalue weighted by molar-refractivity contribution is 7.99. The summed E-state index contributed by atoms with van der Waals surface area (Å²) in [6.07, 6.45) is -5.73. The third-order valence-corrected chi connectivity index (χ3v) is 4.30. The highest BCUT2D eigenvalue weighted by atomic mass is 35.5. The van der Waals surface area contributed by atoms with Crippen LogP contribution in [0.25, 0.3) is 11.4 Å². The predicted molar refractivity (Wildman–Crippen MR) is 91.8 cm³/mol. The molecule has 0 atom stereocenters. The standard InChI is InChI=1S/C13H12Cl2F3N5O2S/c14-7-1-2-8(9(15)5-7)10-21-22-11(23(10)19)26-4-3-20-12(24)25-6-13(16,17)18/h1-2,5H,3-4,6,19H2,(H,20,24). The van der Waals surface area contributed by atoms with E-state index >= 15 is 0 Å². The summed E-state index contributed by atoms with van der Waals surface area (Å²) in [5, 5.41) is 11.2. The van der Waals surface area contributed by atoms with Crippen LogP contribution in [0.15, 0.2) is 23.4 Å². The van der Waals surface area contributed by atoms with E-state index < -0.39 is 18.9 Å². The fourth-order valence-electron chi connectivity index (χ4n) is 1.72. The highest BCUT2D eigenvalue weighted by Crippen LogP contribution is 2.30. The smallest absolute Gasteiger partial charge is 0.422 e. The van der Waals surface area contributed by atoms with Gasteiger partial charge in [-0.15, -0.1) is 10.2 Å². The van der Waals surface area contributed by atoms with Crippen molar-refractivity contribution in [2.24, 2.45) is 0 Å². The van der Waals surface area contributed by atoms with Gasteiger partial charge in [0.1, 0.15) is 0 Å². The first-order chi connectivity index (χ1) is 12.2. The molecule has 0 aliphatic rings. The number of carbonyl (C=O) groups excluding carboxylic acids is 1. The molecule has 142 valence electrons. The third kappa shape index (κ3) is 5.85. The van der Waals surface area contributed by atoms with Crippen molar-refractivity contribution in [3.63, 3.8) is 0 Å². The molecule has 0 saturated carbocycles. The first-order valence-electron chi connectivity index (χ1n) is 6.93. The molecule has 0 radical (unpaired) electrons. The van der Waals surface area contributed by atoms with Crippen molar-refractivity contribution in [1.82, 2.24) is 20.2 Å². The molecule has 0 saturated heterocycles. The number of alkyl halides is 3. The molecule has 0 aliphatic heterocycles. The number of carbonyl (C=O) groups is 1. The first-order valence-corrected chi connectivity index (χ1v) is 8.67. The van der Waals surface area contributed by atoms with E-state index in [4.69, 9.17) is 29.0 Å². The maximum atomic E-state index is 11.9. The Kier molecular flexibility index (Phi) is 6.84. The minimum Gasteiger partial charge on any atom is -0.440 e. The van der Waals surface area contributed by atoms with Gasteiger partial charge in [0, 0.05) is 22.9 Å². The second-order valence-corrected chi connectivity index (χ2v) is 6.67. The van der Waals surface area contributed by atoms with Crippen LogP contribution >= 0.6 is 35.0 Å². The second-order valence-electron chi connectivity index (χ2n) is 4.77. The number of nitrogen functional groups attached to an aromatic ring is 1. The Balaban J connectivity index is 1.86. The zero-order chi connectivity index (χ0) is 19.3. The number of thioether (sulfide) groups is 1. The average Bonchev–Trinajstić information content (AvgIpc) is 2.90. The van der Waals surface area contributed by atoms with Gasteiger partial charge in [-0.2, -0.15) is 13.2 Å². The molecule has 2 aromatic rings. The van der Waals surface area contributed by atoms with Crippen LogP contribution in [0.4, 0.5) is 18.0 Å². The lowest BCUT2D eigenvalue weighted by Crippen LogP contribution is -2.30. The van der Waals surface area contributed by atoms with E-state index in [0.717, 1.165) is 11.8 Å². The van der Waals surface area contributed by atoms with E-state index in [2.05, 4.69) is 20.3 Å². The van der Waals surface area contributed by atoms with Crippen LogP contribution in [-0.4, -0.2) is 46.0 Å². The lowest BCUT2D eigenvalue weighted by atomic mass is 10.2. The summed E-state index contributed by atoms with van der Waals surface area (Å²) in [4.78, 5) is 11.1. The largest absolute Gasteiger partial charge is 0.440 e. The van der Waals surface area contributed by atoms with Gasteiger partial charge in [-0.05, 0) is 18.2 Å². The number of rotatable bonds is 6. The normalized spacial score (nSPS) is 11.4. The molecule has 1 aromatic heterocycles. The van der Waals surface area contributed by atoms with Gasteiger partial charge in [-0.3, -0.25) is 0 Å². The van der Waals surface area contributed by atoms with E-state index in [9.17, 15) is 18.0 Å². The molecule has 2 rings (SSSR count). The zero-order valence-corrected chi connectivity index (χ0v) is 15.2. The fourth-order valence-corrected chi connectivity index (χ4v) is 2.93. The summed E-state index contributed by atoms with van der Waals surface area (Å²) in [5.74, 6) is 6.52. The van der Waals surface area contributed by atoms with Crippen LogP contribution in [-0.2, 0) is 4.74 Å². The van der Waals surface area contributed by atoms with Gasteiger partial charge in [0.15, 0.2) is 12.4 Å². The quantitative estimate of drug-likeness (QED) is 0.415. The van der Waals surface area contributed by atoms with Gasteiger partial charge < -0.3 is 15.9 Å². The first kappa shape index (κ1) is 20.5. The fraction of sp³-hybridized carbons (Fsp3) is 0.308. The Bertz CT molecular complexity index is 788. The average molecular weight is 430 g/mol. The van der Waals surface area contributed by atoms with Crippen molar-refractivity contribution in [1.29, 1.82) is 0 Å². The number of hydrogen-bond donors (Lipinski definition) is 2. The van der Waals surface area contributed by atoms with E-state index in [-0.39, 0.29) is 12.3 Å². The van der Waals surface area contributed by atoms with Crippen molar-refractivity contribution in [2.45, 2.75) is 11.3 Å². The molecule has 0 bridgehead atoms. The predicted octanol–water partition coefficient (Wildman–Crippen LogP) is 3.35. The van der Waals surface area contributed by atoms with Crippen molar-refractivity contribution >= 4 is 41.1 Å². The van der Waals surface area contributed by atoms with Gasteiger partial charge in [0.2, 0.25) is 5.16 Å². The van der Waals surface area contributed by atoms with Crippen molar-refractivity contribution in [3.05, 3.63) is 28.2 Å². The third-order valence-electron chi connectivity index (χ3n) is 2.81. The van der Waals surface area contributed by atoms with Gasteiger partial charge in [-0.1, -0.05) is 35.0 Å². The lowest BCUT2D eigenvalue weighted by molar-refractivity contribution is -0.160. The van der Waals surface area contributed by atoms with Crippen molar-refractivity contribution < 1.29 is 22.7 Å². The second kappa shape index (κ2) is 8.69. The molecular weight excluding hydrogens is 418 g/mol. The van der Waals surface area contributed by atoms with Crippen LogP contribution < -0.4 is 11.2 Å². The molecule has 1 heterocycles. The zero-order valence-electron chi connectivity index (χ0n) is 12.9. The van der Waals surface area contributed by atoms with Crippen LogP contribution in [0, 0.1) is 0 Å². The monoisotopic (exact) mass is 429 g/mol. The molecule has 1 amide bonds. The topological polar surface area (TPSA) is 95.1 Å². The molecular formula is C13H12Cl2F3N5O2S. The summed E-state index contributed by atoms with van der Waals surface area (Å²) in [5.41, 5.74) is 0.534. The molecule has 26 heavy (non-hydrogen) atoms. The summed E-state index contributed by atoms with van der Waals surface area (Å²) >= 11 is 13.1. The van der Waals surface area contributed by atoms with Crippen molar-refractivity contribution in [3.8, 4) is 11.4 Å². The van der Waals surface area contributed by atoms with Crippen molar-refractivity contribution in [2.75, 3.05) is 24.7 Å². The highest BCUT2D eigenvalue weighted by Gasteiger charge is 2.29. The Hall–Kier alpha value is -1.85. The molecule has 0 fully saturated rings. The molecule has 0 spiro atoms. The van der Waals surface area contributed by atoms with Crippen LogP contribution in [0.5, 0.6) is 0 Å². The Morgan fingerprint density at radius 3 is 2.73 bits per heavy atom. The minimum atomic E-state index is -4.57. The summed E-state index contributed by atoms with van der Waals surface area (Å²) in [7, 11) is 0. The Labute approximate surface area is 160 Å². The summed E-state index contributed by atoms with van der Waals surface area (Å²) < 4.78 is 40.9. The van der Waals surface area contributed by atoms with Gasteiger partial charge in [0.25, 0.3) is 0 Å². The summed E-state index contributed by atoms with van der Waals surface area (Å²) in [6, 6.07) is 4.81. The van der Waals surface area contributed by atoms with E-state index in [1.54, 1.807) is 12.1 Å². The molecule has 0 unspecified atom stereocenters. The Morgan fingerprint density at radius 1 is 1.35 bits per heavy atom. The van der Waals surface area contributed by atoms with Gasteiger partial charge >= 0.3 is 12.3 Å². The number of halogens is 5. The maximum Gasteiger partial charge on any atom is 0.422 e. The van der Waals surface area contributed by atoms with E-state index in [1.807, 2.05) is 0 Å².